The Balaban J connectivity index is 0. The second-order valence-corrected chi connectivity index (χ2v) is 7.38. The molecule has 0 rings (SSSR count). The molecular weight excluding hydrogens is 303 g/mol. The minimum atomic E-state index is -1.39. The Hall–Kier alpha value is -0.0600. The van der Waals surface area contributed by atoms with Crippen molar-refractivity contribution in [3.05, 3.63) is 0 Å². The van der Waals surface area contributed by atoms with Crippen LogP contribution in [0.25, 0.3) is 0 Å². The number of rotatable bonds is 11. The first-order valence-electron chi connectivity index (χ1n) is 8.54. The molecule has 0 aromatic carbocycles. The van der Waals surface area contributed by atoms with E-state index in [1.54, 1.807) is 0 Å². The molecule has 0 aliphatic heterocycles. The van der Waals surface area contributed by atoms with Crippen LogP contribution >= 0.6 is 0 Å². The summed E-state index contributed by atoms with van der Waals surface area (Å²) in [6.45, 7) is 10.1. The van der Waals surface area contributed by atoms with E-state index >= 15 is 0 Å². The van der Waals surface area contributed by atoms with Gasteiger partial charge in [-0.25, -0.2) is 0 Å². The Morgan fingerprint density at radius 1 is 0.913 bits per heavy atom. The van der Waals surface area contributed by atoms with Gasteiger partial charge in [0, 0.05) is 5.41 Å². The van der Waals surface area contributed by atoms with Crippen molar-refractivity contribution in [1.82, 2.24) is 0 Å². The molecule has 0 N–H and O–H groups in total. The van der Waals surface area contributed by atoms with E-state index in [2.05, 4.69) is 6.92 Å². The van der Waals surface area contributed by atoms with Crippen molar-refractivity contribution in [3.8, 4) is 0 Å². The summed E-state index contributed by atoms with van der Waals surface area (Å²) in [5.74, 6) is -2.10. The van der Waals surface area contributed by atoms with E-state index in [0.717, 1.165) is 19.3 Å². The Morgan fingerprint density at radius 3 is 1.83 bits per heavy atom. The van der Waals surface area contributed by atoms with Crippen LogP contribution in [0.5, 0.6) is 0 Å². The van der Waals surface area contributed by atoms with Gasteiger partial charge in [0.15, 0.2) is 0 Å². The molecular formula is C18H33NaO4. The number of ether oxygens (including phenoxy) is 1. The van der Waals surface area contributed by atoms with Crippen LogP contribution in [0.3, 0.4) is 0 Å². The normalized spacial score (nSPS) is 13.8. The first-order valence-corrected chi connectivity index (χ1v) is 8.54. The molecule has 0 aliphatic rings. The summed E-state index contributed by atoms with van der Waals surface area (Å²) < 4.78 is 5.50. The van der Waals surface area contributed by atoms with E-state index < -0.39 is 24.0 Å². The van der Waals surface area contributed by atoms with Gasteiger partial charge >= 0.3 is 35.5 Å². The molecule has 130 valence electrons. The van der Waals surface area contributed by atoms with Gasteiger partial charge in [-0.3, -0.25) is 4.79 Å². The zero-order valence-corrected chi connectivity index (χ0v) is 18.0. The molecule has 0 saturated carbocycles. The van der Waals surface area contributed by atoms with E-state index in [9.17, 15) is 14.7 Å². The van der Waals surface area contributed by atoms with Crippen molar-refractivity contribution >= 4 is 11.9 Å². The molecule has 23 heavy (non-hydrogen) atoms. The van der Waals surface area contributed by atoms with Crippen LogP contribution in [-0.2, 0) is 14.3 Å². The Morgan fingerprint density at radius 2 is 1.39 bits per heavy atom. The number of hydrogen-bond donors (Lipinski definition) is 0. The van der Waals surface area contributed by atoms with Gasteiger partial charge in [-0.1, -0.05) is 66.2 Å². The SMILES string of the molecule is CCCCCCCCCC(C)(OC(=O)CC(=O)[O-])C(C)(C)C.[Na+]. The van der Waals surface area contributed by atoms with Gasteiger partial charge in [-0.15, -0.1) is 0 Å². The topological polar surface area (TPSA) is 66.4 Å². The van der Waals surface area contributed by atoms with E-state index in [1.807, 2.05) is 27.7 Å². The van der Waals surface area contributed by atoms with Crippen molar-refractivity contribution in [1.29, 1.82) is 0 Å². The summed E-state index contributed by atoms with van der Waals surface area (Å²) in [4.78, 5) is 22.2. The maximum atomic E-state index is 11.7. The summed E-state index contributed by atoms with van der Waals surface area (Å²) in [6.07, 6.45) is 8.46. The van der Waals surface area contributed by atoms with Crippen molar-refractivity contribution < 1.29 is 49.0 Å². The summed E-state index contributed by atoms with van der Waals surface area (Å²) in [6, 6.07) is 0. The number of esters is 1. The minimum Gasteiger partial charge on any atom is -0.550 e. The van der Waals surface area contributed by atoms with Crippen LogP contribution in [0.2, 0.25) is 0 Å². The molecule has 0 aromatic rings. The molecule has 0 heterocycles. The molecule has 1 atom stereocenters. The van der Waals surface area contributed by atoms with Crippen LogP contribution in [0.15, 0.2) is 0 Å². The largest absolute Gasteiger partial charge is 1.00 e. The predicted molar refractivity (Wildman–Crippen MR) is 86.2 cm³/mol. The molecule has 0 aliphatic carbocycles. The van der Waals surface area contributed by atoms with Crippen molar-refractivity contribution in [2.75, 3.05) is 0 Å². The van der Waals surface area contributed by atoms with E-state index in [1.165, 1.54) is 32.1 Å². The molecule has 0 fully saturated rings. The maximum Gasteiger partial charge on any atom is 1.00 e. The number of hydrogen-bond acceptors (Lipinski definition) is 4. The summed E-state index contributed by atoms with van der Waals surface area (Å²) in [7, 11) is 0. The van der Waals surface area contributed by atoms with Crippen LogP contribution in [0, 0.1) is 5.41 Å². The second-order valence-electron chi connectivity index (χ2n) is 7.38. The van der Waals surface area contributed by atoms with E-state index in [4.69, 9.17) is 4.74 Å². The molecule has 0 spiro atoms. The molecule has 5 heteroatoms. The first-order chi connectivity index (χ1) is 10.1. The Kier molecular flexibility index (Phi) is 13.5. The third-order valence-electron chi connectivity index (χ3n) is 4.47. The fraction of sp³-hybridized carbons (Fsp3) is 0.889. The first kappa shape index (κ1) is 25.2. The number of unbranched alkanes of at least 4 members (excludes halogenated alkanes) is 6. The molecule has 1 unspecified atom stereocenters. The van der Waals surface area contributed by atoms with Gasteiger partial charge in [0.2, 0.25) is 0 Å². The van der Waals surface area contributed by atoms with Gasteiger partial charge in [0.1, 0.15) is 5.60 Å². The van der Waals surface area contributed by atoms with Crippen molar-refractivity contribution in [3.63, 3.8) is 0 Å². The quantitative estimate of drug-likeness (QED) is 0.240. The average molecular weight is 336 g/mol. The van der Waals surface area contributed by atoms with Crippen molar-refractivity contribution in [2.24, 2.45) is 5.41 Å². The van der Waals surface area contributed by atoms with Crippen molar-refractivity contribution in [2.45, 2.75) is 98.0 Å². The number of carbonyl (C=O) groups is 2. The maximum absolute atomic E-state index is 11.7. The number of carboxylic acids is 1. The molecule has 0 aromatic heterocycles. The average Bonchev–Trinajstić information content (AvgIpc) is 2.35. The predicted octanol–water partition coefficient (Wildman–Crippen LogP) is 0.619. The summed E-state index contributed by atoms with van der Waals surface area (Å²) >= 11 is 0. The third kappa shape index (κ3) is 11.2. The number of carboxylic acid groups (broad SMARTS) is 1. The van der Waals surface area contributed by atoms with Crippen LogP contribution < -0.4 is 34.7 Å². The number of aliphatic carboxylic acids is 1. The Labute approximate surface area is 164 Å². The molecule has 0 radical (unpaired) electrons. The van der Waals surface area contributed by atoms with Gasteiger partial charge < -0.3 is 14.6 Å². The van der Waals surface area contributed by atoms with E-state index in [0.29, 0.717) is 0 Å². The zero-order chi connectivity index (χ0) is 17.2. The van der Waals surface area contributed by atoms with Crippen LogP contribution in [0.4, 0.5) is 0 Å². The zero-order valence-electron chi connectivity index (χ0n) is 16.0. The summed E-state index contributed by atoms with van der Waals surface area (Å²) in [5.41, 5.74) is -0.889. The minimum absolute atomic E-state index is 0. The standard InChI is InChI=1S/C18H34O4.Na/c1-6-7-8-9-10-11-12-13-18(5,17(2,3)4)22-16(21)14-15(19)20;/h6-14H2,1-5H3,(H,19,20);/q;+1/p-1. The van der Waals surface area contributed by atoms with Gasteiger partial charge in [-0.2, -0.15) is 0 Å². The van der Waals surface area contributed by atoms with Crippen LogP contribution in [0.1, 0.15) is 92.4 Å². The van der Waals surface area contributed by atoms with Crippen LogP contribution in [-0.4, -0.2) is 17.5 Å². The van der Waals surface area contributed by atoms with Gasteiger partial charge in [0.05, 0.1) is 12.4 Å². The molecule has 0 amide bonds. The summed E-state index contributed by atoms with van der Waals surface area (Å²) in [5, 5.41) is 10.5. The van der Waals surface area contributed by atoms with Gasteiger partial charge in [-0.05, 0) is 19.8 Å². The van der Waals surface area contributed by atoms with E-state index in [-0.39, 0.29) is 35.0 Å². The molecule has 0 bridgehead atoms. The molecule has 4 nitrogen and oxygen atoms in total. The second kappa shape index (κ2) is 12.3. The third-order valence-corrected chi connectivity index (χ3v) is 4.47. The fourth-order valence-electron chi connectivity index (χ4n) is 2.40. The fourth-order valence-corrected chi connectivity index (χ4v) is 2.40. The Bertz CT molecular complexity index is 349. The smallest absolute Gasteiger partial charge is 0.550 e. The molecule has 0 saturated heterocycles. The van der Waals surface area contributed by atoms with Gasteiger partial charge in [0.25, 0.3) is 0 Å². The number of carbonyl (C=O) groups excluding carboxylic acids is 2. The monoisotopic (exact) mass is 336 g/mol.